The summed E-state index contributed by atoms with van der Waals surface area (Å²) >= 11 is 0. The average molecular weight is 262 g/mol. The molecule has 0 radical (unpaired) electrons. The van der Waals surface area contributed by atoms with Gasteiger partial charge in [0.25, 0.3) is 0 Å². The Kier molecular flexibility index (Phi) is 2.41. The number of hydrogen-bond acceptors (Lipinski definition) is 2. The van der Waals surface area contributed by atoms with Gasteiger partial charge in [0.2, 0.25) is 5.91 Å². The molecule has 3 nitrogen and oxygen atoms in total. The van der Waals surface area contributed by atoms with E-state index in [0.717, 1.165) is 30.6 Å². The lowest BCUT2D eigenvalue weighted by molar-refractivity contribution is -0.150. The lowest BCUT2D eigenvalue weighted by atomic mass is 9.44. The van der Waals surface area contributed by atoms with E-state index < -0.39 is 0 Å². The summed E-state index contributed by atoms with van der Waals surface area (Å²) in [5.74, 6) is 3.11. The van der Waals surface area contributed by atoms with E-state index in [1.807, 2.05) is 7.05 Å². The van der Waals surface area contributed by atoms with Crippen LogP contribution in [0.4, 0.5) is 0 Å². The molecule has 5 fully saturated rings. The van der Waals surface area contributed by atoms with Crippen molar-refractivity contribution in [2.75, 3.05) is 13.6 Å². The number of amides is 1. The minimum atomic E-state index is -0.0138. The monoisotopic (exact) mass is 262 g/mol. The second-order valence-electron chi connectivity index (χ2n) is 7.89. The van der Waals surface area contributed by atoms with Gasteiger partial charge in [0.05, 0.1) is 5.54 Å². The van der Waals surface area contributed by atoms with Crippen LogP contribution in [0.25, 0.3) is 0 Å². The number of rotatable bonds is 2. The van der Waals surface area contributed by atoms with Crippen molar-refractivity contribution in [3.8, 4) is 0 Å². The second-order valence-corrected chi connectivity index (χ2v) is 7.89. The highest BCUT2D eigenvalue weighted by atomic mass is 16.2. The first-order valence-corrected chi connectivity index (χ1v) is 8.05. The molecule has 4 saturated carbocycles. The highest BCUT2D eigenvalue weighted by Crippen LogP contribution is 2.66. The van der Waals surface area contributed by atoms with E-state index in [-0.39, 0.29) is 5.54 Å². The molecule has 1 aliphatic heterocycles. The van der Waals surface area contributed by atoms with Gasteiger partial charge in [-0.1, -0.05) is 0 Å². The molecule has 0 aromatic rings. The zero-order valence-electron chi connectivity index (χ0n) is 12.0. The minimum Gasteiger partial charge on any atom is -0.338 e. The van der Waals surface area contributed by atoms with E-state index in [1.54, 1.807) is 0 Å². The lowest BCUT2D eigenvalue weighted by Crippen LogP contribution is -2.66. The molecule has 2 N–H and O–H groups in total. The molecule has 5 rings (SSSR count). The molecule has 0 spiro atoms. The Morgan fingerprint density at radius 1 is 1.16 bits per heavy atom. The van der Waals surface area contributed by atoms with Gasteiger partial charge < -0.3 is 10.6 Å². The molecule has 4 aliphatic carbocycles. The van der Waals surface area contributed by atoms with Crippen LogP contribution in [0.2, 0.25) is 0 Å². The molecule has 0 aromatic heterocycles. The number of nitrogens with two attached hydrogens (primary N) is 1. The number of hydrogen-bond donors (Lipinski definition) is 1. The van der Waals surface area contributed by atoms with E-state index in [0.29, 0.717) is 17.9 Å². The Hall–Kier alpha value is -0.570. The lowest BCUT2D eigenvalue weighted by Gasteiger charge is -2.64. The van der Waals surface area contributed by atoms with E-state index in [4.69, 9.17) is 5.73 Å². The predicted molar refractivity (Wildman–Crippen MR) is 74.4 cm³/mol. The first kappa shape index (κ1) is 12.2. The van der Waals surface area contributed by atoms with Gasteiger partial charge in [0.1, 0.15) is 0 Å². The van der Waals surface area contributed by atoms with Crippen LogP contribution < -0.4 is 5.73 Å². The maximum atomic E-state index is 12.1. The molecule has 1 amide bonds. The summed E-state index contributed by atoms with van der Waals surface area (Å²) in [6.07, 6.45) is 10.1. The molecular formula is C16H26N2O. The number of nitrogens with zero attached hydrogens (tertiary/aromatic N) is 1. The first-order chi connectivity index (χ1) is 9.08. The summed E-state index contributed by atoms with van der Waals surface area (Å²) < 4.78 is 0. The van der Waals surface area contributed by atoms with Crippen molar-refractivity contribution < 1.29 is 4.79 Å². The molecule has 1 saturated heterocycles. The molecule has 4 bridgehead atoms. The van der Waals surface area contributed by atoms with E-state index in [1.165, 1.54) is 38.5 Å². The van der Waals surface area contributed by atoms with E-state index in [2.05, 4.69) is 4.90 Å². The Balaban J connectivity index is 1.76. The fourth-order valence-corrected chi connectivity index (χ4v) is 6.64. The zero-order chi connectivity index (χ0) is 13.3. The molecule has 5 aliphatic rings. The van der Waals surface area contributed by atoms with Crippen molar-refractivity contribution in [2.45, 2.75) is 56.9 Å². The number of carbonyl (C=O) groups excluding carboxylic acids is 1. The van der Waals surface area contributed by atoms with Crippen molar-refractivity contribution >= 4 is 5.91 Å². The molecular weight excluding hydrogens is 236 g/mol. The van der Waals surface area contributed by atoms with Gasteiger partial charge in [0.15, 0.2) is 0 Å². The molecule has 106 valence electrons. The van der Waals surface area contributed by atoms with Crippen LogP contribution in [-0.2, 0) is 4.79 Å². The van der Waals surface area contributed by atoms with Gasteiger partial charge >= 0.3 is 0 Å². The fourth-order valence-electron chi connectivity index (χ4n) is 6.64. The maximum Gasteiger partial charge on any atom is 0.222 e. The zero-order valence-corrected chi connectivity index (χ0v) is 12.0. The van der Waals surface area contributed by atoms with Crippen molar-refractivity contribution in [3.05, 3.63) is 0 Å². The number of carbonyl (C=O) groups is 1. The highest BCUT2D eigenvalue weighted by molar-refractivity contribution is 5.79. The van der Waals surface area contributed by atoms with E-state index in [9.17, 15) is 4.79 Å². The van der Waals surface area contributed by atoms with Crippen LogP contribution in [0.1, 0.15) is 51.4 Å². The Morgan fingerprint density at radius 2 is 1.68 bits per heavy atom. The van der Waals surface area contributed by atoms with Crippen LogP contribution >= 0.6 is 0 Å². The highest BCUT2D eigenvalue weighted by Gasteiger charge is 2.63. The summed E-state index contributed by atoms with van der Waals surface area (Å²) in [4.78, 5) is 14.2. The standard InChI is InChI=1S/C16H26N2O/c1-18-14(19)2-3-16(18,10-17)15-7-11-4-12(8-15)6-13(5-11)9-15/h11-13H,2-10,17H2,1H3. The SMILES string of the molecule is CN1C(=O)CCC1(CN)C12CC3CC(CC(C3)C1)C2. The smallest absolute Gasteiger partial charge is 0.222 e. The molecule has 19 heavy (non-hydrogen) atoms. The van der Waals surface area contributed by atoms with Crippen LogP contribution in [0, 0.1) is 23.2 Å². The normalized spacial score (nSPS) is 52.2. The third-order valence-corrected chi connectivity index (χ3v) is 7.13. The third kappa shape index (κ3) is 1.40. The predicted octanol–water partition coefficient (Wildman–Crippen LogP) is 2.15. The molecule has 1 atom stereocenters. The van der Waals surface area contributed by atoms with Crippen molar-refractivity contribution in [1.82, 2.24) is 4.90 Å². The van der Waals surface area contributed by atoms with Gasteiger partial charge in [-0.05, 0) is 68.1 Å². The Bertz CT molecular complexity index is 384. The molecule has 1 heterocycles. The quantitative estimate of drug-likeness (QED) is 0.829. The van der Waals surface area contributed by atoms with Crippen LogP contribution in [0.5, 0.6) is 0 Å². The average Bonchev–Trinajstić information content (AvgIpc) is 2.66. The van der Waals surface area contributed by atoms with E-state index >= 15 is 0 Å². The topological polar surface area (TPSA) is 46.3 Å². The van der Waals surface area contributed by atoms with Crippen LogP contribution in [0.3, 0.4) is 0 Å². The van der Waals surface area contributed by atoms with Gasteiger partial charge in [-0.3, -0.25) is 4.79 Å². The summed E-state index contributed by atoms with van der Waals surface area (Å²) in [6.45, 7) is 0.668. The summed E-state index contributed by atoms with van der Waals surface area (Å²) in [5, 5.41) is 0. The molecule has 0 aromatic carbocycles. The largest absolute Gasteiger partial charge is 0.338 e. The Morgan fingerprint density at radius 3 is 2.05 bits per heavy atom. The number of likely N-dealkylation sites (tertiary alicyclic amines) is 1. The second kappa shape index (κ2) is 3.75. The molecule has 3 heteroatoms. The van der Waals surface area contributed by atoms with Crippen molar-refractivity contribution in [1.29, 1.82) is 0 Å². The summed E-state index contributed by atoms with van der Waals surface area (Å²) in [6, 6.07) is 0. The van der Waals surface area contributed by atoms with Crippen molar-refractivity contribution in [2.24, 2.45) is 28.9 Å². The maximum absolute atomic E-state index is 12.1. The Labute approximate surface area is 115 Å². The van der Waals surface area contributed by atoms with Crippen molar-refractivity contribution in [3.63, 3.8) is 0 Å². The third-order valence-electron chi connectivity index (χ3n) is 7.13. The van der Waals surface area contributed by atoms with Crippen LogP contribution in [-0.4, -0.2) is 29.9 Å². The van der Waals surface area contributed by atoms with Gasteiger partial charge in [-0.2, -0.15) is 0 Å². The summed E-state index contributed by atoms with van der Waals surface area (Å²) in [7, 11) is 2.01. The minimum absolute atomic E-state index is 0.0138. The van der Waals surface area contributed by atoms with Crippen LogP contribution in [0.15, 0.2) is 0 Å². The van der Waals surface area contributed by atoms with Gasteiger partial charge in [-0.25, -0.2) is 0 Å². The summed E-state index contributed by atoms with van der Waals surface area (Å²) in [5.41, 5.74) is 6.59. The van der Waals surface area contributed by atoms with Gasteiger partial charge in [0, 0.05) is 20.0 Å². The first-order valence-electron chi connectivity index (χ1n) is 8.05. The number of likely N-dealkylation sites (N-methyl/N-ethyl adjacent to an activating group) is 1. The van der Waals surface area contributed by atoms with Gasteiger partial charge in [-0.15, -0.1) is 0 Å². The fraction of sp³-hybridized carbons (Fsp3) is 0.938. The molecule has 1 unspecified atom stereocenters.